The summed E-state index contributed by atoms with van der Waals surface area (Å²) in [5.41, 5.74) is 26.0. The number of hydrogen-bond donors (Lipinski definition) is 0. The summed E-state index contributed by atoms with van der Waals surface area (Å²) in [7, 11) is 0. The van der Waals surface area contributed by atoms with E-state index < -0.39 is 0 Å². The van der Waals surface area contributed by atoms with Gasteiger partial charge < -0.3 is 14.7 Å². The lowest BCUT2D eigenvalue weighted by Gasteiger charge is -2.48. The molecule has 0 unspecified atom stereocenters. The van der Waals surface area contributed by atoms with E-state index in [1.807, 2.05) is 0 Å². The number of nitrogens with zero attached hydrogens (tertiary/aromatic N) is 3. The number of hydrogen-bond acceptors (Lipinski definition) is 3. The second-order valence-electron chi connectivity index (χ2n) is 25.6. The van der Waals surface area contributed by atoms with Crippen LogP contribution < -0.4 is 31.1 Å². The van der Waals surface area contributed by atoms with Crippen LogP contribution >= 0.6 is 0 Å². The lowest BCUT2D eigenvalue weighted by Crippen LogP contribution is -2.62. The van der Waals surface area contributed by atoms with E-state index >= 15 is 0 Å². The fourth-order valence-electron chi connectivity index (χ4n) is 13.2. The summed E-state index contributed by atoms with van der Waals surface area (Å²) in [5.74, 6) is 0. The minimum atomic E-state index is -0.0310. The van der Waals surface area contributed by atoms with Gasteiger partial charge in [0.2, 0.25) is 0 Å². The minimum Gasteiger partial charge on any atom is -0.311 e. The number of rotatable bonds is 6. The SMILES string of the molecule is Cc1cc(C(C)(C)C)ccc1N1c2cc(-c3ccccc3)ccc2B2c3cc4c(cc3N(c3ccc5c(c3)C(C)(C)CCC5(C)C)c3cc(N(c5ccccc5)c5ccccc5)cc1c32)C(C)(C)CCC4(C)C. The molecule has 0 bridgehead atoms. The van der Waals surface area contributed by atoms with E-state index in [0.717, 1.165) is 36.3 Å². The van der Waals surface area contributed by atoms with Crippen molar-refractivity contribution >= 4 is 74.3 Å². The molecule has 8 aromatic carbocycles. The average molecular weight is 954 g/mol. The van der Waals surface area contributed by atoms with E-state index in [9.17, 15) is 0 Å². The molecular weight excluding hydrogens is 882 g/mol. The molecule has 2 heterocycles. The predicted molar refractivity (Wildman–Crippen MR) is 315 cm³/mol. The highest BCUT2D eigenvalue weighted by atomic mass is 15.2. The van der Waals surface area contributed by atoms with E-state index in [1.165, 1.54) is 101 Å². The first-order chi connectivity index (χ1) is 34.7. The van der Waals surface area contributed by atoms with E-state index in [4.69, 9.17) is 0 Å². The molecule has 0 saturated carbocycles. The van der Waals surface area contributed by atoms with Gasteiger partial charge in [-0.3, -0.25) is 0 Å². The Hall–Kier alpha value is -6.78. The maximum atomic E-state index is 2.70. The molecule has 0 spiro atoms. The summed E-state index contributed by atoms with van der Waals surface area (Å²) in [4.78, 5) is 7.82. The van der Waals surface area contributed by atoms with Crippen LogP contribution in [-0.4, -0.2) is 6.71 Å². The molecule has 0 N–H and O–H groups in total. The highest BCUT2D eigenvalue weighted by molar-refractivity contribution is 7.00. The first-order valence-corrected chi connectivity index (χ1v) is 27.0. The summed E-state index contributed by atoms with van der Waals surface area (Å²) >= 11 is 0. The number of fused-ring (bicyclic) bond motifs is 6. The molecule has 0 saturated heterocycles. The third-order valence-electron chi connectivity index (χ3n) is 17.8. The summed E-state index contributed by atoms with van der Waals surface area (Å²) in [6, 6.07) is 65.4. The highest BCUT2D eigenvalue weighted by Crippen LogP contribution is 2.54. The quantitative estimate of drug-likeness (QED) is 0.154. The van der Waals surface area contributed by atoms with Crippen molar-refractivity contribution < 1.29 is 0 Å². The predicted octanol–water partition coefficient (Wildman–Crippen LogP) is 17.2. The number of anilines is 9. The van der Waals surface area contributed by atoms with E-state index in [0.29, 0.717) is 0 Å². The molecule has 0 radical (unpaired) electrons. The number of benzene rings is 8. The second kappa shape index (κ2) is 16.6. The van der Waals surface area contributed by atoms with Gasteiger partial charge in [-0.15, -0.1) is 0 Å². The third kappa shape index (κ3) is 7.68. The second-order valence-corrected chi connectivity index (χ2v) is 25.6. The van der Waals surface area contributed by atoms with Gasteiger partial charge in [-0.1, -0.05) is 179 Å². The minimum absolute atomic E-state index is 0.00394. The maximum Gasteiger partial charge on any atom is 0.252 e. The Balaban J connectivity index is 1.25. The van der Waals surface area contributed by atoms with Crippen LogP contribution in [0.4, 0.5) is 51.2 Å². The van der Waals surface area contributed by atoms with Crippen LogP contribution in [0.15, 0.2) is 170 Å². The lowest BCUT2D eigenvalue weighted by atomic mass is 9.33. The van der Waals surface area contributed by atoms with Crippen LogP contribution in [0.2, 0.25) is 0 Å². The molecule has 4 aliphatic rings. The van der Waals surface area contributed by atoms with Gasteiger partial charge in [-0.25, -0.2) is 0 Å². The molecule has 0 fully saturated rings. The molecule has 0 amide bonds. The van der Waals surface area contributed by atoms with E-state index in [-0.39, 0.29) is 33.8 Å². The topological polar surface area (TPSA) is 9.72 Å². The van der Waals surface area contributed by atoms with Crippen LogP contribution in [0, 0.1) is 6.92 Å². The van der Waals surface area contributed by atoms with Gasteiger partial charge in [0.05, 0.1) is 5.69 Å². The zero-order chi connectivity index (χ0) is 51.0. The molecule has 73 heavy (non-hydrogen) atoms. The molecule has 0 atom stereocenters. The largest absolute Gasteiger partial charge is 0.311 e. The third-order valence-corrected chi connectivity index (χ3v) is 17.8. The molecular formula is C69H72BN3. The fourth-order valence-corrected chi connectivity index (χ4v) is 13.2. The number of para-hydroxylation sites is 2. The first kappa shape index (κ1) is 47.2. The van der Waals surface area contributed by atoms with Gasteiger partial charge in [-0.05, 0) is 187 Å². The van der Waals surface area contributed by atoms with Gasteiger partial charge in [0.25, 0.3) is 6.71 Å². The highest BCUT2D eigenvalue weighted by Gasteiger charge is 2.48. The summed E-state index contributed by atoms with van der Waals surface area (Å²) < 4.78 is 0. The van der Waals surface area contributed by atoms with Crippen molar-refractivity contribution in [3.63, 3.8) is 0 Å². The first-order valence-electron chi connectivity index (χ1n) is 27.0. The van der Waals surface area contributed by atoms with Gasteiger partial charge >= 0.3 is 0 Å². The van der Waals surface area contributed by atoms with Gasteiger partial charge in [0, 0.05) is 45.5 Å². The van der Waals surface area contributed by atoms with Crippen molar-refractivity contribution in [2.75, 3.05) is 14.7 Å². The molecule has 0 aromatic heterocycles. The Labute approximate surface area is 437 Å². The van der Waals surface area contributed by atoms with E-state index in [2.05, 4.69) is 268 Å². The number of aryl methyl sites for hydroxylation is 1. The van der Waals surface area contributed by atoms with Crippen molar-refractivity contribution in [1.82, 2.24) is 0 Å². The summed E-state index contributed by atoms with van der Waals surface area (Å²) in [6.07, 6.45) is 4.65. The Morgan fingerprint density at radius 2 is 0.932 bits per heavy atom. The summed E-state index contributed by atoms with van der Waals surface area (Å²) in [5, 5.41) is 0. The smallest absolute Gasteiger partial charge is 0.252 e. The normalized spacial score (nSPS) is 17.5. The average Bonchev–Trinajstić information content (AvgIpc) is 3.37. The zero-order valence-electron chi connectivity index (χ0n) is 45.4. The lowest BCUT2D eigenvalue weighted by molar-refractivity contribution is 0.332. The van der Waals surface area contributed by atoms with Crippen LogP contribution in [0.5, 0.6) is 0 Å². The monoisotopic (exact) mass is 954 g/mol. The molecule has 3 nitrogen and oxygen atoms in total. The molecule has 2 aliphatic carbocycles. The maximum absolute atomic E-state index is 2.70. The molecule has 2 aliphatic heterocycles. The van der Waals surface area contributed by atoms with Crippen LogP contribution in [0.1, 0.15) is 135 Å². The van der Waals surface area contributed by atoms with Crippen LogP contribution in [0.25, 0.3) is 11.1 Å². The van der Waals surface area contributed by atoms with Crippen molar-refractivity contribution in [3.05, 3.63) is 203 Å². The summed E-state index contributed by atoms with van der Waals surface area (Å²) in [6.45, 7) is 29.0. The molecule has 4 heteroatoms. The van der Waals surface area contributed by atoms with Crippen LogP contribution in [-0.2, 0) is 27.1 Å². The zero-order valence-corrected chi connectivity index (χ0v) is 45.4. The van der Waals surface area contributed by atoms with Gasteiger partial charge in [0.1, 0.15) is 0 Å². The Morgan fingerprint density at radius 1 is 0.411 bits per heavy atom. The van der Waals surface area contributed by atoms with Crippen molar-refractivity contribution in [2.24, 2.45) is 0 Å². The van der Waals surface area contributed by atoms with Gasteiger partial charge in [0.15, 0.2) is 0 Å². The Kier molecular flexibility index (Phi) is 10.8. The standard InChI is InChI=1S/C69H72BN3/c1-45-38-48(65(2,3)4)29-33-59(45)73-60-39-47(46-22-16-13-17-23-46)28-32-57(60)70-58-43-55-56(69(11,12)37-36-68(55,9)10)44-61(58)72(51-30-31-53-54(40-51)67(7,8)35-34-66(53,5)6)62-41-52(42-63(73)64(62)70)71(49-24-18-14-19-25-49)50-26-20-15-21-27-50/h13-33,38-44H,34-37H2,1-12H3. The van der Waals surface area contributed by atoms with Crippen LogP contribution in [0.3, 0.4) is 0 Å². The molecule has 8 aromatic rings. The van der Waals surface area contributed by atoms with Crippen molar-refractivity contribution in [3.8, 4) is 11.1 Å². The molecule has 12 rings (SSSR count). The van der Waals surface area contributed by atoms with Gasteiger partial charge in [-0.2, -0.15) is 0 Å². The molecule has 366 valence electrons. The Morgan fingerprint density at radius 3 is 1.51 bits per heavy atom. The van der Waals surface area contributed by atoms with E-state index in [1.54, 1.807) is 0 Å². The van der Waals surface area contributed by atoms with Crippen molar-refractivity contribution in [2.45, 2.75) is 136 Å². The Bertz CT molecular complexity index is 3430. The van der Waals surface area contributed by atoms with Crippen molar-refractivity contribution in [1.29, 1.82) is 0 Å². The fraction of sp³-hybridized carbons (Fsp3) is 0.304.